The van der Waals surface area contributed by atoms with E-state index in [0.29, 0.717) is 16.2 Å². The van der Waals surface area contributed by atoms with E-state index in [9.17, 15) is 4.79 Å². The third-order valence-corrected chi connectivity index (χ3v) is 3.01. The minimum Gasteiger partial charge on any atom is -0.380 e. The quantitative estimate of drug-likeness (QED) is 0.858. The van der Waals surface area contributed by atoms with Crippen LogP contribution < -0.4 is 10.9 Å². The molecule has 1 aromatic rings. The predicted molar refractivity (Wildman–Crippen MR) is 68.4 cm³/mol. The van der Waals surface area contributed by atoms with Crippen molar-refractivity contribution in [3.63, 3.8) is 0 Å². The number of aromatic nitrogens is 2. The number of anilines is 1. The monoisotopic (exact) mass is 283 g/mol. The lowest BCUT2D eigenvalue weighted by atomic mass is 10.2. The molecule has 0 saturated heterocycles. The Hall–Kier alpha value is -1.28. The van der Waals surface area contributed by atoms with Crippen LogP contribution in [0.3, 0.4) is 0 Å². The standard InChI is InChI=1S/C11H14BrN3O/c1-4-6-15-11(16)10(12)9(7-13-15)14-8(3)5-2/h1,7-8,14H,5-6H2,2-3H3. The molecular formula is C11H14BrN3O. The first kappa shape index (κ1) is 12.8. The van der Waals surface area contributed by atoms with Crippen LogP contribution in [0.25, 0.3) is 0 Å². The molecule has 0 saturated carbocycles. The van der Waals surface area contributed by atoms with E-state index in [1.807, 2.05) is 6.92 Å². The van der Waals surface area contributed by atoms with Gasteiger partial charge in [-0.1, -0.05) is 12.8 Å². The van der Waals surface area contributed by atoms with Gasteiger partial charge in [-0.3, -0.25) is 4.79 Å². The van der Waals surface area contributed by atoms with Gasteiger partial charge in [-0.15, -0.1) is 6.42 Å². The van der Waals surface area contributed by atoms with E-state index in [1.54, 1.807) is 6.20 Å². The molecule has 0 fully saturated rings. The highest BCUT2D eigenvalue weighted by Crippen LogP contribution is 2.17. The van der Waals surface area contributed by atoms with Gasteiger partial charge in [-0.2, -0.15) is 5.10 Å². The van der Waals surface area contributed by atoms with Gasteiger partial charge in [0.2, 0.25) is 0 Å². The highest BCUT2D eigenvalue weighted by atomic mass is 79.9. The predicted octanol–water partition coefficient (Wildman–Crippen LogP) is 1.85. The first-order chi connectivity index (χ1) is 7.60. The van der Waals surface area contributed by atoms with Crippen molar-refractivity contribution in [3.8, 4) is 12.3 Å². The van der Waals surface area contributed by atoms with Crippen LogP contribution in [0.2, 0.25) is 0 Å². The maximum Gasteiger partial charge on any atom is 0.284 e. The van der Waals surface area contributed by atoms with E-state index in [-0.39, 0.29) is 12.1 Å². The molecular weight excluding hydrogens is 270 g/mol. The third-order valence-electron chi connectivity index (χ3n) is 2.24. The zero-order chi connectivity index (χ0) is 12.1. The normalized spacial score (nSPS) is 11.9. The summed E-state index contributed by atoms with van der Waals surface area (Å²) >= 11 is 3.25. The number of nitrogens with zero attached hydrogens (tertiary/aromatic N) is 2. The van der Waals surface area contributed by atoms with Gasteiger partial charge in [0.05, 0.1) is 11.9 Å². The van der Waals surface area contributed by atoms with Crippen molar-refractivity contribution in [2.24, 2.45) is 0 Å². The van der Waals surface area contributed by atoms with E-state index in [2.05, 4.69) is 39.2 Å². The molecule has 86 valence electrons. The van der Waals surface area contributed by atoms with Crippen molar-refractivity contribution >= 4 is 21.6 Å². The van der Waals surface area contributed by atoms with Gasteiger partial charge < -0.3 is 5.32 Å². The zero-order valence-electron chi connectivity index (χ0n) is 9.33. The molecule has 0 radical (unpaired) electrons. The zero-order valence-corrected chi connectivity index (χ0v) is 10.9. The lowest BCUT2D eigenvalue weighted by Gasteiger charge is -2.14. The Morgan fingerprint density at radius 3 is 3.00 bits per heavy atom. The number of rotatable bonds is 4. The molecule has 0 bridgehead atoms. The Kier molecular flexibility index (Phi) is 4.56. The van der Waals surface area contributed by atoms with Gasteiger partial charge in [0.1, 0.15) is 11.0 Å². The highest BCUT2D eigenvalue weighted by Gasteiger charge is 2.09. The van der Waals surface area contributed by atoms with E-state index < -0.39 is 0 Å². The van der Waals surface area contributed by atoms with Gasteiger partial charge in [0, 0.05) is 6.04 Å². The lowest BCUT2D eigenvalue weighted by Crippen LogP contribution is -2.25. The molecule has 0 aliphatic carbocycles. The Bertz CT molecular complexity index is 461. The fraction of sp³-hybridized carbons (Fsp3) is 0.455. The van der Waals surface area contributed by atoms with Crippen LogP contribution in [0, 0.1) is 12.3 Å². The topological polar surface area (TPSA) is 46.9 Å². The number of halogens is 1. The summed E-state index contributed by atoms with van der Waals surface area (Å²) in [6, 6.07) is 0.293. The number of hydrogen-bond donors (Lipinski definition) is 1. The molecule has 5 heteroatoms. The van der Waals surface area contributed by atoms with Gasteiger partial charge in [0.25, 0.3) is 5.56 Å². The molecule has 1 unspecified atom stereocenters. The fourth-order valence-corrected chi connectivity index (χ4v) is 1.55. The highest BCUT2D eigenvalue weighted by molar-refractivity contribution is 9.10. The minimum absolute atomic E-state index is 0.182. The summed E-state index contributed by atoms with van der Waals surface area (Å²) in [6.45, 7) is 4.29. The molecule has 0 aliphatic heterocycles. The summed E-state index contributed by atoms with van der Waals surface area (Å²) in [6.07, 6.45) is 7.72. The number of hydrogen-bond acceptors (Lipinski definition) is 3. The van der Waals surface area contributed by atoms with Crippen molar-refractivity contribution < 1.29 is 0 Å². The maximum absolute atomic E-state index is 11.8. The first-order valence-corrected chi connectivity index (χ1v) is 5.85. The van der Waals surface area contributed by atoms with Crippen LogP contribution in [0.1, 0.15) is 20.3 Å². The summed E-state index contributed by atoms with van der Waals surface area (Å²) in [7, 11) is 0. The molecule has 16 heavy (non-hydrogen) atoms. The SMILES string of the molecule is C#CCn1ncc(NC(C)CC)c(Br)c1=O. The molecule has 1 N–H and O–H groups in total. The third kappa shape index (κ3) is 2.86. The first-order valence-electron chi connectivity index (χ1n) is 5.05. The Labute approximate surface area is 103 Å². The average molecular weight is 284 g/mol. The second-order valence-corrected chi connectivity index (χ2v) is 4.29. The van der Waals surface area contributed by atoms with Crippen LogP contribution in [-0.4, -0.2) is 15.8 Å². The van der Waals surface area contributed by atoms with Crippen molar-refractivity contribution in [1.82, 2.24) is 9.78 Å². The fourth-order valence-electron chi connectivity index (χ4n) is 1.13. The summed E-state index contributed by atoms with van der Waals surface area (Å²) in [5, 5.41) is 7.18. The molecule has 0 spiro atoms. The second-order valence-electron chi connectivity index (χ2n) is 3.49. The van der Waals surface area contributed by atoms with Crippen LogP contribution in [0.15, 0.2) is 15.5 Å². The lowest BCUT2D eigenvalue weighted by molar-refractivity contribution is 0.657. The Morgan fingerprint density at radius 1 is 1.75 bits per heavy atom. The minimum atomic E-state index is -0.216. The average Bonchev–Trinajstić information content (AvgIpc) is 2.28. The molecule has 1 atom stereocenters. The van der Waals surface area contributed by atoms with E-state index >= 15 is 0 Å². The number of nitrogens with one attached hydrogen (secondary N) is 1. The van der Waals surface area contributed by atoms with Gasteiger partial charge in [-0.05, 0) is 29.3 Å². The summed E-state index contributed by atoms with van der Waals surface area (Å²) in [5.74, 6) is 2.38. The smallest absolute Gasteiger partial charge is 0.284 e. The Morgan fingerprint density at radius 2 is 2.44 bits per heavy atom. The van der Waals surface area contributed by atoms with Crippen LogP contribution >= 0.6 is 15.9 Å². The Balaban J connectivity index is 3.03. The maximum atomic E-state index is 11.8. The summed E-state index contributed by atoms with van der Waals surface area (Å²) in [4.78, 5) is 11.8. The molecule has 4 nitrogen and oxygen atoms in total. The summed E-state index contributed by atoms with van der Waals surface area (Å²) in [5.41, 5.74) is 0.485. The van der Waals surface area contributed by atoms with Crippen LogP contribution in [0.4, 0.5) is 5.69 Å². The van der Waals surface area contributed by atoms with Crippen molar-refractivity contribution in [2.75, 3.05) is 5.32 Å². The molecule has 0 aliphatic rings. The molecule has 1 heterocycles. The van der Waals surface area contributed by atoms with E-state index in [0.717, 1.165) is 6.42 Å². The summed E-state index contributed by atoms with van der Waals surface area (Å²) < 4.78 is 1.71. The van der Waals surface area contributed by atoms with Crippen molar-refractivity contribution in [2.45, 2.75) is 32.9 Å². The number of terminal acetylenes is 1. The van der Waals surface area contributed by atoms with Crippen LogP contribution in [-0.2, 0) is 6.54 Å². The molecule has 1 rings (SSSR count). The van der Waals surface area contributed by atoms with E-state index in [4.69, 9.17) is 6.42 Å². The van der Waals surface area contributed by atoms with Gasteiger partial charge in [0.15, 0.2) is 0 Å². The largest absolute Gasteiger partial charge is 0.380 e. The van der Waals surface area contributed by atoms with Crippen molar-refractivity contribution in [1.29, 1.82) is 0 Å². The van der Waals surface area contributed by atoms with Crippen molar-refractivity contribution in [3.05, 3.63) is 21.0 Å². The van der Waals surface area contributed by atoms with Gasteiger partial charge >= 0.3 is 0 Å². The molecule has 1 aromatic heterocycles. The van der Waals surface area contributed by atoms with Crippen LogP contribution in [0.5, 0.6) is 0 Å². The van der Waals surface area contributed by atoms with Gasteiger partial charge in [-0.25, -0.2) is 4.68 Å². The molecule has 0 aromatic carbocycles. The van der Waals surface area contributed by atoms with E-state index in [1.165, 1.54) is 4.68 Å². The second kappa shape index (κ2) is 5.71. The molecule has 0 amide bonds.